The first-order chi connectivity index (χ1) is 12.8. The molecular weight excluding hydrogens is 368 g/mol. The van der Waals surface area contributed by atoms with Crippen LogP contribution in [-0.2, 0) is 16.6 Å². The summed E-state index contributed by atoms with van der Waals surface area (Å²) in [7, 11) is -0.529. The fourth-order valence-electron chi connectivity index (χ4n) is 2.58. The Kier molecular flexibility index (Phi) is 6.81. The van der Waals surface area contributed by atoms with Crippen molar-refractivity contribution in [3.8, 4) is 11.5 Å². The third-order valence-electron chi connectivity index (χ3n) is 4.03. The second-order valence-corrected chi connectivity index (χ2v) is 7.61. The van der Waals surface area contributed by atoms with Crippen molar-refractivity contribution in [2.45, 2.75) is 25.3 Å². The van der Waals surface area contributed by atoms with Crippen LogP contribution in [0, 0.1) is 6.92 Å². The Balaban J connectivity index is 2.24. The minimum absolute atomic E-state index is 0.0547. The predicted molar refractivity (Wildman–Crippen MR) is 103 cm³/mol. The molecule has 0 fully saturated rings. The SMILES string of the molecule is CCNS(=O)(=O)c1ccc(C)c(C(=O)NCc2cc(OC)ccc2OC)c1. The second-order valence-electron chi connectivity index (χ2n) is 5.84. The minimum Gasteiger partial charge on any atom is -0.497 e. The van der Waals surface area contributed by atoms with Crippen LogP contribution in [0.1, 0.15) is 28.4 Å². The normalized spacial score (nSPS) is 11.1. The number of benzene rings is 2. The summed E-state index contributed by atoms with van der Waals surface area (Å²) >= 11 is 0. The summed E-state index contributed by atoms with van der Waals surface area (Å²) in [5.41, 5.74) is 1.73. The van der Waals surface area contributed by atoms with Gasteiger partial charge in [-0.05, 0) is 42.8 Å². The van der Waals surface area contributed by atoms with Crippen molar-refractivity contribution in [2.24, 2.45) is 0 Å². The molecular formula is C19H24N2O5S. The maximum atomic E-state index is 12.6. The Bertz CT molecular complexity index is 926. The van der Waals surface area contributed by atoms with E-state index in [1.165, 1.54) is 12.1 Å². The number of rotatable bonds is 8. The summed E-state index contributed by atoms with van der Waals surface area (Å²) < 4.78 is 37.3. The fraction of sp³-hybridized carbons (Fsp3) is 0.316. The van der Waals surface area contributed by atoms with E-state index in [1.54, 1.807) is 52.3 Å². The molecule has 0 aliphatic carbocycles. The summed E-state index contributed by atoms with van der Waals surface area (Å²) in [4.78, 5) is 12.7. The van der Waals surface area contributed by atoms with Crippen molar-refractivity contribution in [3.05, 3.63) is 53.1 Å². The first-order valence-corrected chi connectivity index (χ1v) is 9.90. The summed E-state index contributed by atoms with van der Waals surface area (Å²) in [5.74, 6) is 0.900. The highest BCUT2D eigenvalue weighted by Crippen LogP contribution is 2.24. The first kappa shape index (κ1) is 20.7. The molecule has 0 heterocycles. The largest absolute Gasteiger partial charge is 0.497 e. The Morgan fingerprint density at radius 2 is 1.81 bits per heavy atom. The number of nitrogens with one attached hydrogen (secondary N) is 2. The van der Waals surface area contributed by atoms with E-state index in [0.717, 1.165) is 5.56 Å². The van der Waals surface area contributed by atoms with Gasteiger partial charge in [0.2, 0.25) is 10.0 Å². The molecule has 146 valence electrons. The molecule has 0 radical (unpaired) electrons. The molecule has 8 heteroatoms. The van der Waals surface area contributed by atoms with Crippen LogP contribution in [0.25, 0.3) is 0 Å². The Morgan fingerprint density at radius 1 is 1.07 bits per heavy atom. The zero-order valence-corrected chi connectivity index (χ0v) is 16.6. The van der Waals surface area contributed by atoms with E-state index in [2.05, 4.69) is 10.0 Å². The summed E-state index contributed by atoms with van der Waals surface area (Å²) in [6.07, 6.45) is 0. The Labute approximate surface area is 159 Å². The van der Waals surface area contributed by atoms with Crippen LogP contribution < -0.4 is 19.5 Å². The summed E-state index contributed by atoms with van der Waals surface area (Å²) in [5, 5.41) is 2.80. The van der Waals surface area contributed by atoms with Gasteiger partial charge >= 0.3 is 0 Å². The third kappa shape index (κ3) is 4.99. The van der Waals surface area contributed by atoms with Gasteiger partial charge in [-0.15, -0.1) is 0 Å². The smallest absolute Gasteiger partial charge is 0.251 e. The molecule has 2 aromatic carbocycles. The quantitative estimate of drug-likeness (QED) is 0.719. The van der Waals surface area contributed by atoms with Crippen molar-refractivity contribution in [1.29, 1.82) is 0 Å². The van der Waals surface area contributed by atoms with Gasteiger partial charge < -0.3 is 14.8 Å². The van der Waals surface area contributed by atoms with Crippen LogP contribution in [0.15, 0.2) is 41.3 Å². The molecule has 1 amide bonds. The molecule has 0 spiro atoms. The highest BCUT2D eigenvalue weighted by molar-refractivity contribution is 7.89. The van der Waals surface area contributed by atoms with Crippen molar-refractivity contribution >= 4 is 15.9 Å². The number of ether oxygens (including phenoxy) is 2. The van der Waals surface area contributed by atoms with Gasteiger partial charge in [0.1, 0.15) is 11.5 Å². The number of carbonyl (C=O) groups excluding carboxylic acids is 1. The molecule has 2 rings (SSSR count). The lowest BCUT2D eigenvalue weighted by atomic mass is 10.1. The molecule has 0 aliphatic rings. The molecule has 0 atom stereocenters. The zero-order valence-electron chi connectivity index (χ0n) is 15.8. The van der Waals surface area contributed by atoms with Gasteiger partial charge in [0.15, 0.2) is 0 Å². The number of carbonyl (C=O) groups is 1. The molecule has 0 unspecified atom stereocenters. The zero-order chi connectivity index (χ0) is 20.0. The van der Waals surface area contributed by atoms with Gasteiger partial charge in [-0.25, -0.2) is 13.1 Å². The van der Waals surface area contributed by atoms with E-state index >= 15 is 0 Å². The monoisotopic (exact) mass is 392 g/mol. The van der Waals surface area contributed by atoms with Crippen molar-refractivity contribution in [1.82, 2.24) is 10.0 Å². The number of aryl methyl sites for hydroxylation is 1. The minimum atomic E-state index is -3.64. The lowest BCUT2D eigenvalue weighted by Crippen LogP contribution is -2.26. The van der Waals surface area contributed by atoms with Crippen molar-refractivity contribution in [3.63, 3.8) is 0 Å². The van der Waals surface area contributed by atoms with Crippen molar-refractivity contribution in [2.75, 3.05) is 20.8 Å². The van der Waals surface area contributed by atoms with E-state index in [4.69, 9.17) is 9.47 Å². The van der Waals surface area contributed by atoms with E-state index < -0.39 is 10.0 Å². The van der Waals surface area contributed by atoms with E-state index in [9.17, 15) is 13.2 Å². The average Bonchev–Trinajstić information content (AvgIpc) is 2.65. The van der Waals surface area contributed by atoms with Crippen LogP contribution in [0.2, 0.25) is 0 Å². The fourth-order valence-corrected chi connectivity index (χ4v) is 3.64. The van der Waals surface area contributed by atoms with Crippen LogP contribution in [0.5, 0.6) is 11.5 Å². The number of amides is 1. The summed E-state index contributed by atoms with van der Waals surface area (Å²) in [6.45, 7) is 3.93. The number of hydrogen-bond donors (Lipinski definition) is 2. The van der Waals surface area contributed by atoms with Crippen LogP contribution in [0.4, 0.5) is 0 Å². The molecule has 0 aliphatic heterocycles. The van der Waals surface area contributed by atoms with E-state index in [1.807, 2.05) is 0 Å². The topological polar surface area (TPSA) is 93.7 Å². The van der Waals surface area contributed by atoms with Crippen LogP contribution in [0.3, 0.4) is 0 Å². The molecule has 2 N–H and O–H groups in total. The van der Waals surface area contributed by atoms with Crippen molar-refractivity contribution < 1.29 is 22.7 Å². The second kappa shape index (κ2) is 8.88. The van der Waals surface area contributed by atoms with E-state index in [0.29, 0.717) is 22.6 Å². The maximum absolute atomic E-state index is 12.6. The van der Waals surface area contributed by atoms with Crippen LogP contribution in [-0.4, -0.2) is 35.1 Å². The molecule has 0 saturated heterocycles. The van der Waals surface area contributed by atoms with Crippen LogP contribution >= 0.6 is 0 Å². The molecule has 7 nitrogen and oxygen atoms in total. The maximum Gasteiger partial charge on any atom is 0.251 e. The van der Waals surface area contributed by atoms with Gasteiger partial charge in [0.25, 0.3) is 5.91 Å². The molecule has 0 aromatic heterocycles. The lowest BCUT2D eigenvalue weighted by Gasteiger charge is -2.13. The molecule has 0 bridgehead atoms. The van der Waals surface area contributed by atoms with Gasteiger partial charge in [-0.2, -0.15) is 0 Å². The lowest BCUT2D eigenvalue weighted by molar-refractivity contribution is 0.0950. The van der Waals surface area contributed by atoms with E-state index in [-0.39, 0.29) is 23.9 Å². The molecule has 2 aromatic rings. The standard InChI is InChI=1S/C19H24N2O5S/c1-5-21-27(23,24)16-8-6-13(2)17(11-16)19(22)20-12-14-10-15(25-3)7-9-18(14)26-4/h6-11,21H,5,12H2,1-4H3,(H,20,22). The highest BCUT2D eigenvalue weighted by Gasteiger charge is 2.17. The van der Waals surface area contributed by atoms with Gasteiger partial charge in [0.05, 0.1) is 19.1 Å². The summed E-state index contributed by atoms with van der Waals surface area (Å²) in [6, 6.07) is 9.78. The first-order valence-electron chi connectivity index (χ1n) is 8.41. The third-order valence-corrected chi connectivity index (χ3v) is 5.57. The average molecular weight is 392 g/mol. The Morgan fingerprint density at radius 3 is 2.44 bits per heavy atom. The Hall–Kier alpha value is -2.58. The highest BCUT2D eigenvalue weighted by atomic mass is 32.2. The molecule has 0 saturated carbocycles. The van der Waals surface area contributed by atoms with Gasteiger partial charge in [-0.1, -0.05) is 13.0 Å². The van der Waals surface area contributed by atoms with Gasteiger partial charge in [-0.3, -0.25) is 4.79 Å². The number of hydrogen-bond acceptors (Lipinski definition) is 5. The number of sulfonamides is 1. The van der Waals surface area contributed by atoms with Gasteiger partial charge in [0, 0.05) is 24.2 Å². The molecule has 27 heavy (non-hydrogen) atoms. The predicted octanol–water partition coefficient (Wildman–Crippen LogP) is 2.24. The number of methoxy groups -OCH3 is 2.